The molecule has 7 heteroatoms. The first-order valence-corrected chi connectivity index (χ1v) is 11.2. The van der Waals surface area contributed by atoms with Crippen LogP contribution in [0.5, 0.6) is 0 Å². The highest BCUT2D eigenvalue weighted by atomic mass is 32.2. The zero-order valence-electron chi connectivity index (χ0n) is 15.8. The number of benzene rings is 1. The molecule has 0 fully saturated rings. The van der Waals surface area contributed by atoms with E-state index in [1.807, 2.05) is 60.8 Å². The molecule has 4 rings (SSSR count). The molecule has 0 atom stereocenters. The van der Waals surface area contributed by atoms with Crippen LogP contribution in [0.2, 0.25) is 0 Å². The summed E-state index contributed by atoms with van der Waals surface area (Å²) < 4.78 is 5.25. The summed E-state index contributed by atoms with van der Waals surface area (Å²) in [5.41, 5.74) is 3.57. The number of fused-ring (bicyclic) bond motifs is 1. The first-order valence-electron chi connectivity index (χ1n) is 9.18. The van der Waals surface area contributed by atoms with Crippen LogP contribution >= 0.6 is 23.5 Å². The smallest absolute Gasteiger partial charge is 0.261 e. The van der Waals surface area contributed by atoms with E-state index < -0.39 is 0 Å². The molecule has 0 saturated carbocycles. The summed E-state index contributed by atoms with van der Waals surface area (Å²) >= 11 is 3.36. The highest BCUT2D eigenvalue weighted by Crippen LogP contribution is 2.35. The molecule has 0 aliphatic carbocycles. The van der Waals surface area contributed by atoms with Gasteiger partial charge < -0.3 is 9.42 Å². The van der Waals surface area contributed by atoms with Gasteiger partial charge in [0.1, 0.15) is 10.8 Å². The van der Waals surface area contributed by atoms with Crippen molar-refractivity contribution in [3.05, 3.63) is 65.2 Å². The van der Waals surface area contributed by atoms with E-state index in [2.05, 4.69) is 16.2 Å². The minimum absolute atomic E-state index is 0.00399. The molecular weight excluding hydrogens is 390 g/mol. The SMILES string of the molecule is Cc1noc(C)c1CSc1ncccc1C(=O)N1CCCSc2ccccc21. The lowest BCUT2D eigenvalue weighted by Gasteiger charge is -2.23. The van der Waals surface area contributed by atoms with Gasteiger partial charge in [-0.3, -0.25) is 4.79 Å². The van der Waals surface area contributed by atoms with E-state index in [4.69, 9.17) is 4.52 Å². The summed E-state index contributed by atoms with van der Waals surface area (Å²) in [7, 11) is 0. The Morgan fingerprint density at radius 3 is 2.93 bits per heavy atom. The molecule has 0 spiro atoms. The molecule has 28 heavy (non-hydrogen) atoms. The maximum Gasteiger partial charge on any atom is 0.261 e. The summed E-state index contributed by atoms with van der Waals surface area (Å²) in [4.78, 5) is 21.0. The standard InChI is InChI=1S/C21H21N3O2S2/c1-14-17(15(2)26-23-14)13-28-20-16(7-5-10-22-20)21(25)24-11-6-12-27-19-9-4-3-8-18(19)24/h3-5,7-10H,6,11-13H2,1-2H3. The molecule has 0 radical (unpaired) electrons. The van der Waals surface area contributed by atoms with Gasteiger partial charge in [0.15, 0.2) is 0 Å². The number of para-hydroxylation sites is 1. The van der Waals surface area contributed by atoms with Gasteiger partial charge in [0, 0.05) is 29.0 Å². The Kier molecular flexibility index (Phi) is 5.73. The number of carbonyl (C=O) groups excluding carboxylic acids is 1. The Morgan fingerprint density at radius 2 is 2.11 bits per heavy atom. The number of nitrogens with zero attached hydrogens (tertiary/aromatic N) is 3. The number of aryl methyl sites for hydroxylation is 2. The van der Waals surface area contributed by atoms with Gasteiger partial charge in [0.2, 0.25) is 0 Å². The van der Waals surface area contributed by atoms with Crippen molar-refractivity contribution >= 4 is 35.1 Å². The van der Waals surface area contributed by atoms with E-state index >= 15 is 0 Å². The predicted octanol–water partition coefficient (Wildman–Crippen LogP) is 5.12. The van der Waals surface area contributed by atoms with Crippen molar-refractivity contribution in [1.82, 2.24) is 10.1 Å². The second-order valence-electron chi connectivity index (χ2n) is 6.57. The number of hydrogen-bond donors (Lipinski definition) is 0. The average Bonchev–Trinajstić information content (AvgIpc) is 2.92. The summed E-state index contributed by atoms with van der Waals surface area (Å²) in [5.74, 6) is 2.50. The summed E-state index contributed by atoms with van der Waals surface area (Å²) in [6.45, 7) is 4.56. The molecule has 3 heterocycles. The Balaban J connectivity index is 1.62. The van der Waals surface area contributed by atoms with Crippen LogP contribution in [-0.4, -0.2) is 28.3 Å². The van der Waals surface area contributed by atoms with E-state index in [1.54, 1.807) is 18.0 Å². The second-order valence-corrected chi connectivity index (χ2v) is 8.67. The van der Waals surface area contributed by atoms with Crippen LogP contribution in [0.1, 0.15) is 33.8 Å². The van der Waals surface area contributed by atoms with Crippen LogP contribution < -0.4 is 4.90 Å². The van der Waals surface area contributed by atoms with Crippen molar-refractivity contribution in [3.63, 3.8) is 0 Å². The lowest BCUT2D eigenvalue weighted by molar-refractivity contribution is 0.0983. The van der Waals surface area contributed by atoms with Crippen LogP contribution in [0.3, 0.4) is 0 Å². The molecule has 0 unspecified atom stereocenters. The van der Waals surface area contributed by atoms with Crippen molar-refractivity contribution in [2.24, 2.45) is 0 Å². The molecule has 0 N–H and O–H groups in total. The fourth-order valence-electron chi connectivity index (χ4n) is 3.20. The molecule has 1 amide bonds. The fourth-order valence-corrected chi connectivity index (χ4v) is 5.33. The molecule has 1 aliphatic rings. The topological polar surface area (TPSA) is 59.2 Å². The molecular formula is C21H21N3O2S2. The minimum atomic E-state index is 0.00399. The van der Waals surface area contributed by atoms with Gasteiger partial charge in [-0.1, -0.05) is 17.3 Å². The van der Waals surface area contributed by atoms with Crippen LogP contribution in [0.4, 0.5) is 5.69 Å². The van der Waals surface area contributed by atoms with E-state index in [0.29, 0.717) is 17.9 Å². The highest BCUT2D eigenvalue weighted by Gasteiger charge is 2.25. The summed E-state index contributed by atoms with van der Waals surface area (Å²) in [5, 5.41) is 4.75. The molecule has 5 nitrogen and oxygen atoms in total. The van der Waals surface area contributed by atoms with Gasteiger partial charge in [-0.15, -0.1) is 23.5 Å². The van der Waals surface area contributed by atoms with Gasteiger partial charge >= 0.3 is 0 Å². The lowest BCUT2D eigenvalue weighted by Crippen LogP contribution is -2.32. The number of anilines is 1. The highest BCUT2D eigenvalue weighted by molar-refractivity contribution is 7.99. The van der Waals surface area contributed by atoms with Crippen molar-refractivity contribution in [3.8, 4) is 0 Å². The van der Waals surface area contributed by atoms with Gasteiger partial charge in [0.25, 0.3) is 5.91 Å². The molecule has 0 saturated heterocycles. The van der Waals surface area contributed by atoms with Crippen molar-refractivity contribution in [2.45, 2.75) is 35.9 Å². The molecule has 0 bridgehead atoms. The zero-order chi connectivity index (χ0) is 19.5. The number of thioether (sulfide) groups is 2. The molecule has 1 aliphatic heterocycles. The first-order chi connectivity index (χ1) is 13.6. The Morgan fingerprint density at radius 1 is 1.25 bits per heavy atom. The number of aromatic nitrogens is 2. The minimum Gasteiger partial charge on any atom is -0.361 e. The third-order valence-corrected chi connectivity index (χ3v) is 6.90. The van der Waals surface area contributed by atoms with E-state index in [1.165, 1.54) is 0 Å². The molecule has 144 valence electrons. The third kappa shape index (κ3) is 3.82. The second kappa shape index (κ2) is 8.41. The number of amides is 1. The van der Waals surface area contributed by atoms with Gasteiger partial charge in [0.05, 0.1) is 16.9 Å². The maximum atomic E-state index is 13.5. The van der Waals surface area contributed by atoms with Crippen LogP contribution in [0.15, 0.2) is 57.0 Å². The predicted molar refractivity (Wildman–Crippen MR) is 113 cm³/mol. The maximum absolute atomic E-state index is 13.5. The normalized spacial score (nSPS) is 13.9. The molecule has 1 aromatic carbocycles. The van der Waals surface area contributed by atoms with Crippen LogP contribution in [0, 0.1) is 13.8 Å². The van der Waals surface area contributed by atoms with Crippen LogP contribution in [-0.2, 0) is 5.75 Å². The number of hydrogen-bond acceptors (Lipinski definition) is 6. The Labute approximate surface area is 172 Å². The zero-order valence-corrected chi connectivity index (χ0v) is 17.5. The van der Waals surface area contributed by atoms with Gasteiger partial charge in [-0.25, -0.2) is 4.98 Å². The average molecular weight is 412 g/mol. The van der Waals surface area contributed by atoms with Crippen molar-refractivity contribution in [1.29, 1.82) is 0 Å². The van der Waals surface area contributed by atoms with E-state index in [0.717, 1.165) is 44.8 Å². The van der Waals surface area contributed by atoms with Crippen molar-refractivity contribution < 1.29 is 9.32 Å². The number of rotatable bonds is 4. The molecule has 3 aromatic rings. The number of pyridine rings is 1. The Bertz CT molecular complexity index is 983. The Hall–Kier alpha value is -2.25. The summed E-state index contributed by atoms with van der Waals surface area (Å²) in [6.07, 6.45) is 2.70. The fraction of sp³-hybridized carbons (Fsp3) is 0.286. The van der Waals surface area contributed by atoms with Crippen LogP contribution in [0.25, 0.3) is 0 Å². The van der Waals surface area contributed by atoms with E-state index in [-0.39, 0.29) is 5.91 Å². The van der Waals surface area contributed by atoms with Gasteiger partial charge in [-0.2, -0.15) is 0 Å². The van der Waals surface area contributed by atoms with Crippen molar-refractivity contribution in [2.75, 3.05) is 17.2 Å². The molecule has 2 aromatic heterocycles. The monoisotopic (exact) mass is 411 g/mol. The number of carbonyl (C=O) groups is 1. The quantitative estimate of drug-likeness (QED) is 0.555. The summed E-state index contributed by atoms with van der Waals surface area (Å²) in [6, 6.07) is 11.8. The van der Waals surface area contributed by atoms with Gasteiger partial charge in [-0.05, 0) is 50.3 Å². The largest absolute Gasteiger partial charge is 0.361 e. The first kappa shape index (κ1) is 19.1. The third-order valence-electron chi connectivity index (χ3n) is 4.72. The van der Waals surface area contributed by atoms with E-state index in [9.17, 15) is 4.79 Å². The lowest BCUT2D eigenvalue weighted by atomic mass is 10.2.